The molecule has 0 spiro atoms. The van der Waals surface area contributed by atoms with Crippen LogP contribution in [0.5, 0.6) is 0 Å². The molecule has 0 aliphatic rings. The monoisotopic (exact) mass is 363 g/mol. The molecule has 0 unspecified atom stereocenters. The van der Waals surface area contributed by atoms with Crippen LogP contribution in [0.4, 0.5) is 5.95 Å². The van der Waals surface area contributed by atoms with Gasteiger partial charge in [-0.1, -0.05) is 60.1 Å². The number of H-pyrrole nitrogens is 1. The molecular weight excluding hydrogens is 350 g/mol. The van der Waals surface area contributed by atoms with Crippen LogP contribution in [0.2, 0.25) is 5.02 Å². The normalized spacial score (nSPS) is 10.7. The van der Waals surface area contributed by atoms with Gasteiger partial charge in [-0.25, -0.2) is 9.97 Å². The summed E-state index contributed by atoms with van der Waals surface area (Å²) in [5.74, 6) is 1.70. The smallest absolute Gasteiger partial charge is 0.243 e. The maximum atomic E-state index is 6.21. The van der Waals surface area contributed by atoms with Gasteiger partial charge in [0, 0.05) is 11.1 Å². The van der Waals surface area contributed by atoms with Crippen LogP contribution in [0.15, 0.2) is 60.8 Å². The lowest BCUT2D eigenvalue weighted by atomic mass is 10.2. The van der Waals surface area contributed by atoms with Crippen molar-refractivity contribution in [3.05, 3.63) is 71.6 Å². The summed E-state index contributed by atoms with van der Waals surface area (Å²) in [6.45, 7) is 0.372. The van der Waals surface area contributed by atoms with E-state index >= 15 is 0 Å². The van der Waals surface area contributed by atoms with E-state index in [4.69, 9.17) is 11.6 Å². The zero-order valence-corrected chi connectivity index (χ0v) is 14.4. The van der Waals surface area contributed by atoms with Crippen LogP contribution >= 0.6 is 11.6 Å². The van der Waals surface area contributed by atoms with Crippen LogP contribution in [0.3, 0.4) is 0 Å². The Labute approximate surface area is 154 Å². The third-order valence-electron chi connectivity index (χ3n) is 3.69. The average molecular weight is 364 g/mol. The molecule has 0 aliphatic carbocycles. The molecule has 0 saturated heterocycles. The Balaban J connectivity index is 1.48. The second-order valence-corrected chi connectivity index (χ2v) is 5.87. The number of halogens is 1. The Morgan fingerprint density at radius 3 is 2.62 bits per heavy atom. The molecule has 0 radical (unpaired) electrons. The van der Waals surface area contributed by atoms with Gasteiger partial charge in [-0.3, -0.25) is 5.10 Å². The molecule has 2 aromatic carbocycles. The first-order valence-electron chi connectivity index (χ1n) is 7.95. The predicted molar refractivity (Wildman–Crippen MR) is 99.4 cm³/mol. The van der Waals surface area contributed by atoms with E-state index in [1.54, 1.807) is 6.20 Å². The fraction of sp³-hybridized carbons (Fsp3) is 0.0556. The molecule has 0 aliphatic heterocycles. The fourth-order valence-electron chi connectivity index (χ4n) is 2.44. The van der Waals surface area contributed by atoms with E-state index in [2.05, 4.69) is 35.7 Å². The molecule has 4 aromatic rings. The third-order valence-corrected chi connectivity index (χ3v) is 4.02. The molecule has 26 heavy (non-hydrogen) atoms. The summed E-state index contributed by atoms with van der Waals surface area (Å²) in [6.07, 6.45) is 1.58. The SMILES string of the molecule is Clc1ccccc1-c1cnnc(NCc2n[nH]c(-c3ccccc3)n2)n1. The summed E-state index contributed by atoms with van der Waals surface area (Å²) < 4.78 is 0. The Kier molecular flexibility index (Phi) is 4.53. The molecule has 2 aromatic heterocycles. The van der Waals surface area contributed by atoms with Crippen molar-refractivity contribution in [2.45, 2.75) is 6.54 Å². The minimum absolute atomic E-state index is 0.372. The number of anilines is 1. The van der Waals surface area contributed by atoms with Crippen molar-refractivity contribution in [2.24, 2.45) is 0 Å². The Morgan fingerprint density at radius 2 is 1.77 bits per heavy atom. The Bertz CT molecular complexity index is 1020. The van der Waals surface area contributed by atoms with Crippen molar-refractivity contribution < 1.29 is 0 Å². The van der Waals surface area contributed by atoms with Gasteiger partial charge in [0.2, 0.25) is 5.95 Å². The lowest BCUT2D eigenvalue weighted by molar-refractivity contribution is 0.906. The van der Waals surface area contributed by atoms with Gasteiger partial charge in [-0.05, 0) is 6.07 Å². The molecule has 4 rings (SSSR count). The lowest BCUT2D eigenvalue weighted by Gasteiger charge is -2.05. The summed E-state index contributed by atoms with van der Waals surface area (Å²) in [4.78, 5) is 8.91. The minimum Gasteiger partial charge on any atom is -0.346 e. The number of nitrogens with zero attached hydrogens (tertiary/aromatic N) is 5. The molecule has 128 valence electrons. The van der Waals surface area contributed by atoms with Gasteiger partial charge in [0.15, 0.2) is 11.6 Å². The van der Waals surface area contributed by atoms with Crippen molar-refractivity contribution in [1.82, 2.24) is 30.4 Å². The largest absolute Gasteiger partial charge is 0.346 e. The molecular formula is C18H14ClN7. The van der Waals surface area contributed by atoms with Gasteiger partial charge < -0.3 is 5.32 Å². The molecule has 0 fully saturated rings. The minimum atomic E-state index is 0.372. The molecule has 7 nitrogen and oxygen atoms in total. The molecule has 0 saturated carbocycles. The van der Waals surface area contributed by atoms with E-state index in [-0.39, 0.29) is 0 Å². The van der Waals surface area contributed by atoms with Crippen molar-refractivity contribution in [3.63, 3.8) is 0 Å². The number of benzene rings is 2. The van der Waals surface area contributed by atoms with E-state index in [0.29, 0.717) is 34.9 Å². The van der Waals surface area contributed by atoms with Crippen LogP contribution in [-0.4, -0.2) is 30.4 Å². The van der Waals surface area contributed by atoms with Crippen LogP contribution in [0, 0.1) is 0 Å². The highest BCUT2D eigenvalue weighted by molar-refractivity contribution is 6.33. The van der Waals surface area contributed by atoms with Gasteiger partial charge in [0.05, 0.1) is 23.5 Å². The molecule has 2 heterocycles. The fourth-order valence-corrected chi connectivity index (χ4v) is 2.67. The molecule has 0 atom stereocenters. The highest BCUT2D eigenvalue weighted by Crippen LogP contribution is 2.25. The zero-order valence-electron chi connectivity index (χ0n) is 13.6. The summed E-state index contributed by atoms with van der Waals surface area (Å²) in [5, 5.41) is 18.8. The first kappa shape index (κ1) is 16.2. The number of aromatic amines is 1. The average Bonchev–Trinajstić information content (AvgIpc) is 3.17. The Hall–Kier alpha value is -3.32. The number of rotatable bonds is 5. The van der Waals surface area contributed by atoms with Crippen LogP contribution in [0.25, 0.3) is 22.6 Å². The van der Waals surface area contributed by atoms with E-state index in [0.717, 1.165) is 11.1 Å². The highest BCUT2D eigenvalue weighted by Gasteiger charge is 2.09. The molecule has 0 bridgehead atoms. The number of hydrogen-bond donors (Lipinski definition) is 2. The zero-order chi connectivity index (χ0) is 17.8. The second kappa shape index (κ2) is 7.28. The van der Waals surface area contributed by atoms with Crippen molar-refractivity contribution in [3.8, 4) is 22.6 Å². The summed E-state index contributed by atoms with van der Waals surface area (Å²) >= 11 is 6.21. The standard InChI is InChI=1S/C18H14ClN7/c19-14-9-5-4-8-13(14)15-10-21-26-18(22-15)20-11-16-23-17(25-24-16)12-6-2-1-3-7-12/h1-10H,11H2,(H,20,22,26)(H,23,24,25). The van der Waals surface area contributed by atoms with Crippen molar-refractivity contribution in [2.75, 3.05) is 5.32 Å². The summed E-state index contributed by atoms with van der Waals surface area (Å²) in [7, 11) is 0. The quantitative estimate of drug-likeness (QED) is 0.563. The van der Waals surface area contributed by atoms with Gasteiger partial charge in [0.1, 0.15) is 0 Å². The summed E-state index contributed by atoms with van der Waals surface area (Å²) in [5.41, 5.74) is 2.43. The van der Waals surface area contributed by atoms with E-state index in [9.17, 15) is 0 Å². The highest BCUT2D eigenvalue weighted by atomic mass is 35.5. The van der Waals surface area contributed by atoms with Gasteiger partial charge in [0.25, 0.3) is 0 Å². The number of hydrogen-bond acceptors (Lipinski definition) is 6. The molecule has 2 N–H and O–H groups in total. The Morgan fingerprint density at radius 1 is 0.962 bits per heavy atom. The van der Waals surface area contributed by atoms with Gasteiger partial charge in [-0.2, -0.15) is 10.2 Å². The number of aromatic nitrogens is 6. The van der Waals surface area contributed by atoms with E-state index in [1.807, 2.05) is 54.6 Å². The van der Waals surface area contributed by atoms with Crippen LogP contribution in [-0.2, 0) is 6.54 Å². The van der Waals surface area contributed by atoms with Gasteiger partial charge in [-0.15, -0.1) is 5.10 Å². The van der Waals surface area contributed by atoms with Crippen molar-refractivity contribution in [1.29, 1.82) is 0 Å². The van der Waals surface area contributed by atoms with Crippen molar-refractivity contribution >= 4 is 17.5 Å². The predicted octanol–water partition coefficient (Wildman–Crippen LogP) is 3.59. The second-order valence-electron chi connectivity index (χ2n) is 5.46. The lowest BCUT2D eigenvalue weighted by Crippen LogP contribution is -2.06. The molecule has 8 heteroatoms. The number of nitrogens with one attached hydrogen (secondary N) is 2. The topological polar surface area (TPSA) is 92.3 Å². The summed E-state index contributed by atoms with van der Waals surface area (Å²) in [6, 6.07) is 17.3. The first-order chi connectivity index (χ1) is 12.8. The van der Waals surface area contributed by atoms with Gasteiger partial charge >= 0.3 is 0 Å². The van der Waals surface area contributed by atoms with E-state index < -0.39 is 0 Å². The maximum absolute atomic E-state index is 6.21. The van der Waals surface area contributed by atoms with Crippen LogP contribution in [0.1, 0.15) is 5.82 Å². The van der Waals surface area contributed by atoms with E-state index in [1.165, 1.54) is 0 Å². The first-order valence-corrected chi connectivity index (χ1v) is 8.32. The third kappa shape index (κ3) is 3.52. The molecule has 0 amide bonds. The maximum Gasteiger partial charge on any atom is 0.243 e. The van der Waals surface area contributed by atoms with Crippen LogP contribution < -0.4 is 5.32 Å².